The molecule has 4 nitrogen and oxygen atoms in total. The van der Waals surface area contributed by atoms with Gasteiger partial charge in [-0.15, -0.1) is 0 Å². The number of anilines is 1. The third kappa shape index (κ3) is 3.18. The van der Waals surface area contributed by atoms with Crippen LogP contribution in [0.25, 0.3) is 32.6 Å². The molecule has 0 radical (unpaired) electrons. The number of aromatic hydroxyl groups is 1. The van der Waals surface area contributed by atoms with Gasteiger partial charge in [0.25, 0.3) is 0 Å². The monoisotopic (exact) mass is 400 g/mol. The van der Waals surface area contributed by atoms with Gasteiger partial charge in [-0.2, -0.15) is 0 Å². The summed E-state index contributed by atoms with van der Waals surface area (Å²) in [6, 6.07) is 22.8. The second-order valence-corrected chi connectivity index (χ2v) is 7.53. The zero-order valence-corrected chi connectivity index (χ0v) is 16.1. The van der Waals surface area contributed by atoms with Crippen LogP contribution in [0.5, 0.6) is 5.75 Å². The average molecular weight is 401 g/mol. The standard InChI is InChI=1S/C24H17ClN2O2/c25-16-4-3-5-17(12-16)26-23(29)11-15-10-14-8-9-19-18-6-1-2-7-21(18)27-24(19)20(14)13-22(15)28/h1-10,12-13,27-28H,11H2,(H,26,29). The van der Waals surface area contributed by atoms with E-state index in [0.29, 0.717) is 16.3 Å². The smallest absolute Gasteiger partial charge is 0.228 e. The van der Waals surface area contributed by atoms with Crippen LogP contribution in [0, 0.1) is 0 Å². The Labute approximate surface area is 171 Å². The number of aromatic amines is 1. The number of fused-ring (bicyclic) bond motifs is 5. The highest BCUT2D eigenvalue weighted by Crippen LogP contribution is 2.34. The molecule has 5 rings (SSSR count). The first-order valence-electron chi connectivity index (χ1n) is 9.29. The fourth-order valence-corrected chi connectivity index (χ4v) is 4.01. The molecule has 0 spiro atoms. The van der Waals surface area contributed by atoms with Gasteiger partial charge in [0.1, 0.15) is 5.75 Å². The van der Waals surface area contributed by atoms with Gasteiger partial charge in [-0.25, -0.2) is 0 Å². The Balaban J connectivity index is 1.52. The number of para-hydroxylation sites is 1. The number of amides is 1. The molecule has 0 saturated carbocycles. The van der Waals surface area contributed by atoms with Crippen molar-refractivity contribution in [2.24, 2.45) is 0 Å². The fourth-order valence-electron chi connectivity index (χ4n) is 3.81. The van der Waals surface area contributed by atoms with Gasteiger partial charge in [-0.3, -0.25) is 4.79 Å². The maximum atomic E-state index is 12.4. The molecule has 1 amide bonds. The molecule has 142 valence electrons. The summed E-state index contributed by atoms with van der Waals surface area (Å²) in [7, 11) is 0. The van der Waals surface area contributed by atoms with Gasteiger partial charge in [0.2, 0.25) is 5.91 Å². The lowest BCUT2D eigenvalue weighted by atomic mass is 10.0. The third-order valence-corrected chi connectivity index (χ3v) is 5.39. The summed E-state index contributed by atoms with van der Waals surface area (Å²) in [5.74, 6) is -0.112. The van der Waals surface area contributed by atoms with Crippen LogP contribution in [-0.4, -0.2) is 16.0 Å². The predicted molar refractivity (Wildman–Crippen MR) is 119 cm³/mol. The Morgan fingerprint density at radius 1 is 0.931 bits per heavy atom. The van der Waals surface area contributed by atoms with E-state index in [2.05, 4.69) is 22.4 Å². The van der Waals surface area contributed by atoms with Crippen molar-refractivity contribution in [3.05, 3.63) is 83.4 Å². The second-order valence-electron chi connectivity index (χ2n) is 7.10. The summed E-state index contributed by atoms with van der Waals surface area (Å²) in [6.07, 6.45) is 0.0685. The van der Waals surface area contributed by atoms with Gasteiger partial charge in [0.15, 0.2) is 0 Å². The van der Waals surface area contributed by atoms with Crippen LogP contribution >= 0.6 is 11.6 Å². The van der Waals surface area contributed by atoms with Gasteiger partial charge < -0.3 is 15.4 Å². The van der Waals surface area contributed by atoms with Crippen molar-refractivity contribution in [1.82, 2.24) is 4.98 Å². The molecule has 0 saturated heterocycles. The third-order valence-electron chi connectivity index (χ3n) is 5.16. The zero-order chi connectivity index (χ0) is 20.0. The lowest BCUT2D eigenvalue weighted by Crippen LogP contribution is -2.14. The lowest BCUT2D eigenvalue weighted by molar-refractivity contribution is -0.115. The molecular formula is C24H17ClN2O2. The molecule has 0 bridgehead atoms. The Hall–Kier alpha value is -3.50. The maximum Gasteiger partial charge on any atom is 0.228 e. The molecule has 1 aromatic heterocycles. The van der Waals surface area contributed by atoms with Crippen LogP contribution in [0.3, 0.4) is 0 Å². The Kier molecular flexibility index (Phi) is 4.14. The number of aromatic nitrogens is 1. The molecule has 0 atom stereocenters. The molecule has 29 heavy (non-hydrogen) atoms. The molecule has 5 heteroatoms. The van der Waals surface area contributed by atoms with E-state index in [9.17, 15) is 9.90 Å². The first-order chi connectivity index (χ1) is 14.1. The van der Waals surface area contributed by atoms with E-state index >= 15 is 0 Å². The molecule has 4 aromatic carbocycles. The first-order valence-corrected chi connectivity index (χ1v) is 9.67. The van der Waals surface area contributed by atoms with E-state index in [1.54, 1.807) is 30.3 Å². The van der Waals surface area contributed by atoms with Crippen molar-refractivity contribution in [2.45, 2.75) is 6.42 Å². The number of hydrogen-bond acceptors (Lipinski definition) is 2. The number of phenols is 1. The topological polar surface area (TPSA) is 65.1 Å². The summed E-state index contributed by atoms with van der Waals surface area (Å²) < 4.78 is 0. The van der Waals surface area contributed by atoms with E-state index in [1.807, 2.05) is 30.3 Å². The van der Waals surface area contributed by atoms with E-state index in [0.717, 1.165) is 32.6 Å². The summed E-state index contributed by atoms with van der Waals surface area (Å²) >= 11 is 5.96. The summed E-state index contributed by atoms with van der Waals surface area (Å²) in [4.78, 5) is 15.9. The average Bonchev–Trinajstić information content (AvgIpc) is 3.08. The number of H-pyrrole nitrogens is 1. The lowest BCUT2D eigenvalue weighted by Gasteiger charge is -2.09. The van der Waals surface area contributed by atoms with Crippen LogP contribution in [-0.2, 0) is 11.2 Å². The normalized spacial score (nSPS) is 11.3. The molecule has 0 aliphatic heterocycles. The van der Waals surface area contributed by atoms with Crippen LogP contribution in [0.1, 0.15) is 5.56 Å². The second kappa shape index (κ2) is 6.83. The molecule has 0 aliphatic rings. The van der Waals surface area contributed by atoms with Gasteiger partial charge >= 0.3 is 0 Å². The highest BCUT2D eigenvalue weighted by atomic mass is 35.5. The number of carbonyl (C=O) groups excluding carboxylic acids is 1. The molecule has 0 fully saturated rings. The number of hydrogen-bond donors (Lipinski definition) is 3. The highest BCUT2D eigenvalue weighted by Gasteiger charge is 2.13. The maximum absolute atomic E-state index is 12.4. The number of rotatable bonds is 3. The largest absolute Gasteiger partial charge is 0.508 e. The molecule has 5 aromatic rings. The van der Waals surface area contributed by atoms with Gasteiger partial charge in [-0.1, -0.05) is 48.0 Å². The number of nitrogens with one attached hydrogen (secondary N) is 2. The number of carbonyl (C=O) groups is 1. The fraction of sp³-hybridized carbons (Fsp3) is 0.0417. The molecule has 3 N–H and O–H groups in total. The minimum Gasteiger partial charge on any atom is -0.508 e. The highest BCUT2D eigenvalue weighted by molar-refractivity contribution is 6.30. The molecule has 0 aliphatic carbocycles. The van der Waals surface area contributed by atoms with Crippen molar-refractivity contribution < 1.29 is 9.90 Å². The van der Waals surface area contributed by atoms with Crippen molar-refractivity contribution in [3.8, 4) is 5.75 Å². The summed E-state index contributed by atoms with van der Waals surface area (Å²) in [6.45, 7) is 0. The predicted octanol–water partition coefficient (Wildman–Crippen LogP) is 6.01. The van der Waals surface area contributed by atoms with E-state index < -0.39 is 0 Å². The van der Waals surface area contributed by atoms with Gasteiger partial charge in [-0.05, 0) is 41.8 Å². The van der Waals surface area contributed by atoms with E-state index in [-0.39, 0.29) is 18.1 Å². The summed E-state index contributed by atoms with van der Waals surface area (Å²) in [5, 5.41) is 18.1. The van der Waals surface area contributed by atoms with Crippen LogP contribution in [0.2, 0.25) is 5.02 Å². The zero-order valence-electron chi connectivity index (χ0n) is 15.4. The SMILES string of the molecule is O=C(Cc1cc2ccc3c4ccccc4[nH]c3c2cc1O)Nc1cccc(Cl)c1. The van der Waals surface area contributed by atoms with Crippen LogP contribution < -0.4 is 5.32 Å². The molecular weight excluding hydrogens is 384 g/mol. The Morgan fingerprint density at radius 2 is 1.79 bits per heavy atom. The van der Waals surface area contributed by atoms with Crippen molar-refractivity contribution in [3.63, 3.8) is 0 Å². The number of phenolic OH excluding ortho intramolecular Hbond substituents is 1. The number of halogens is 1. The van der Waals surface area contributed by atoms with Crippen LogP contribution in [0.4, 0.5) is 5.69 Å². The minimum atomic E-state index is -0.214. The number of benzene rings is 4. The molecule has 1 heterocycles. The Morgan fingerprint density at radius 3 is 2.66 bits per heavy atom. The Bertz CT molecular complexity index is 1400. The van der Waals surface area contributed by atoms with E-state index in [4.69, 9.17) is 11.6 Å². The van der Waals surface area contributed by atoms with Crippen molar-refractivity contribution in [2.75, 3.05) is 5.32 Å². The van der Waals surface area contributed by atoms with Crippen molar-refractivity contribution in [1.29, 1.82) is 0 Å². The first kappa shape index (κ1) is 17.6. The van der Waals surface area contributed by atoms with Gasteiger partial charge in [0.05, 0.1) is 11.9 Å². The van der Waals surface area contributed by atoms with E-state index in [1.165, 1.54) is 0 Å². The van der Waals surface area contributed by atoms with Crippen molar-refractivity contribution >= 4 is 55.8 Å². The summed E-state index contributed by atoms with van der Waals surface area (Å²) in [5.41, 5.74) is 3.24. The van der Waals surface area contributed by atoms with Crippen LogP contribution in [0.15, 0.2) is 72.8 Å². The minimum absolute atomic E-state index is 0.0685. The quantitative estimate of drug-likeness (QED) is 0.347. The molecule has 0 unspecified atom stereocenters. The van der Waals surface area contributed by atoms with Gasteiger partial charge in [0, 0.05) is 37.9 Å².